The van der Waals surface area contributed by atoms with Gasteiger partial charge < -0.3 is 0 Å². The van der Waals surface area contributed by atoms with E-state index in [1.807, 2.05) is 13.8 Å². The molecule has 3 rings (SSSR count). The molecule has 5 nitrogen and oxygen atoms in total. The van der Waals surface area contributed by atoms with Crippen molar-refractivity contribution in [3.63, 3.8) is 0 Å². The monoisotopic (exact) mass is 387 g/mol. The molecule has 0 aliphatic heterocycles. The molecule has 7 heteroatoms. The molecule has 0 aliphatic rings. The number of benzene rings is 2. The first-order valence-electron chi connectivity index (χ1n) is 8.57. The van der Waals surface area contributed by atoms with Crippen LogP contribution in [0.2, 0.25) is 5.02 Å². The van der Waals surface area contributed by atoms with Gasteiger partial charge in [-0.05, 0) is 36.8 Å². The number of halogens is 2. The zero-order valence-corrected chi connectivity index (χ0v) is 15.9. The summed E-state index contributed by atoms with van der Waals surface area (Å²) in [4.78, 5) is 30.2. The normalized spacial score (nSPS) is 12.4. The molecule has 1 unspecified atom stereocenters. The Kier molecular flexibility index (Phi) is 5.28. The molecule has 0 fully saturated rings. The molecule has 1 heterocycles. The molecule has 1 atom stereocenters. The largest absolute Gasteiger partial charge is 0.281 e. The summed E-state index contributed by atoms with van der Waals surface area (Å²) in [5.74, 6) is -1.24. The molecule has 0 saturated carbocycles. The molecule has 140 valence electrons. The minimum absolute atomic E-state index is 0.120. The lowest BCUT2D eigenvalue weighted by Crippen LogP contribution is -2.38. The summed E-state index contributed by atoms with van der Waals surface area (Å²) in [6.07, 6.45) is 0. The highest BCUT2D eigenvalue weighted by atomic mass is 35.5. The van der Waals surface area contributed by atoms with E-state index in [1.54, 1.807) is 31.2 Å². The van der Waals surface area contributed by atoms with Gasteiger partial charge in [0.1, 0.15) is 11.6 Å². The first-order valence-corrected chi connectivity index (χ1v) is 8.95. The second-order valence-electron chi connectivity index (χ2n) is 6.65. The second-order valence-corrected chi connectivity index (χ2v) is 7.06. The number of hydrogen-bond donors (Lipinski definition) is 1. The standard InChI is InChI=1S/C20H19ClFN3O2/c1-11(2)18-23-16-9-5-8-15(21)17(16)20(27)25(18)24-19(26)12(3)13-6-4-7-14(22)10-13/h4-12H,1-3H3,(H,24,26). The van der Waals surface area contributed by atoms with Crippen molar-refractivity contribution in [2.75, 3.05) is 5.43 Å². The van der Waals surface area contributed by atoms with E-state index >= 15 is 0 Å². The summed E-state index contributed by atoms with van der Waals surface area (Å²) < 4.78 is 14.6. The zero-order valence-electron chi connectivity index (χ0n) is 15.2. The van der Waals surface area contributed by atoms with E-state index in [2.05, 4.69) is 10.4 Å². The fraction of sp³-hybridized carbons (Fsp3) is 0.250. The Balaban J connectivity index is 2.06. The summed E-state index contributed by atoms with van der Waals surface area (Å²) in [5.41, 5.74) is 3.15. The molecule has 0 aliphatic carbocycles. The highest BCUT2D eigenvalue weighted by molar-refractivity contribution is 6.35. The predicted molar refractivity (Wildman–Crippen MR) is 104 cm³/mol. The number of aromatic nitrogens is 2. The number of carbonyl (C=O) groups is 1. The summed E-state index contributed by atoms with van der Waals surface area (Å²) in [6, 6.07) is 10.8. The Labute approximate surface area is 160 Å². The van der Waals surface area contributed by atoms with Gasteiger partial charge in [-0.3, -0.25) is 15.0 Å². The van der Waals surface area contributed by atoms with Gasteiger partial charge >= 0.3 is 0 Å². The van der Waals surface area contributed by atoms with Crippen molar-refractivity contribution >= 4 is 28.4 Å². The van der Waals surface area contributed by atoms with Crippen LogP contribution in [0.15, 0.2) is 47.3 Å². The highest BCUT2D eigenvalue weighted by Crippen LogP contribution is 2.21. The molecule has 3 aromatic rings. The van der Waals surface area contributed by atoms with Gasteiger partial charge in [0.15, 0.2) is 0 Å². The Morgan fingerprint density at radius 3 is 2.56 bits per heavy atom. The van der Waals surface area contributed by atoms with Crippen LogP contribution in [0, 0.1) is 5.82 Å². The van der Waals surface area contributed by atoms with E-state index in [-0.39, 0.29) is 16.3 Å². The summed E-state index contributed by atoms with van der Waals surface area (Å²) in [6.45, 7) is 5.39. The molecule has 0 radical (unpaired) electrons. The maximum atomic E-state index is 13.5. The summed E-state index contributed by atoms with van der Waals surface area (Å²) in [5, 5.41) is 0.503. The van der Waals surface area contributed by atoms with Crippen molar-refractivity contribution in [2.45, 2.75) is 32.6 Å². The van der Waals surface area contributed by atoms with Crippen molar-refractivity contribution in [1.82, 2.24) is 9.66 Å². The first kappa shape index (κ1) is 19.0. The van der Waals surface area contributed by atoms with E-state index in [4.69, 9.17) is 11.6 Å². The third-order valence-electron chi connectivity index (χ3n) is 4.35. The SMILES string of the molecule is CC(C)c1nc2cccc(Cl)c2c(=O)n1NC(=O)C(C)c1cccc(F)c1. The maximum Gasteiger partial charge on any atom is 0.281 e. The van der Waals surface area contributed by atoms with Gasteiger partial charge in [0.25, 0.3) is 5.56 Å². The van der Waals surface area contributed by atoms with Crippen LogP contribution in [-0.4, -0.2) is 15.6 Å². The quantitative estimate of drug-likeness (QED) is 0.730. The van der Waals surface area contributed by atoms with Crippen LogP contribution in [0.25, 0.3) is 10.9 Å². The fourth-order valence-corrected chi connectivity index (χ4v) is 3.09. The maximum absolute atomic E-state index is 13.5. The molecular weight excluding hydrogens is 369 g/mol. The van der Waals surface area contributed by atoms with Crippen LogP contribution >= 0.6 is 11.6 Å². The van der Waals surface area contributed by atoms with E-state index in [9.17, 15) is 14.0 Å². The van der Waals surface area contributed by atoms with E-state index in [1.165, 1.54) is 18.2 Å². The molecular formula is C20H19ClFN3O2. The van der Waals surface area contributed by atoms with Crippen LogP contribution in [0.4, 0.5) is 4.39 Å². The lowest BCUT2D eigenvalue weighted by Gasteiger charge is -2.19. The fourth-order valence-electron chi connectivity index (χ4n) is 2.84. The number of rotatable bonds is 4. The molecule has 1 amide bonds. The summed E-state index contributed by atoms with van der Waals surface area (Å²) in [7, 11) is 0. The first-order chi connectivity index (χ1) is 12.8. The van der Waals surface area contributed by atoms with Crippen molar-refractivity contribution < 1.29 is 9.18 Å². The Bertz CT molecular complexity index is 1080. The zero-order chi connectivity index (χ0) is 19.7. The van der Waals surface area contributed by atoms with Crippen LogP contribution in [0.1, 0.15) is 44.0 Å². The molecule has 1 N–H and O–H groups in total. The van der Waals surface area contributed by atoms with Crippen molar-refractivity contribution in [1.29, 1.82) is 0 Å². The number of fused-ring (bicyclic) bond motifs is 1. The van der Waals surface area contributed by atoms with Gasteiger partial charge in [0.05, 0.1) is 21.8 Å². The molecule has 1 aromatic heterocycles. The van der Waals surface area contributed by atoms with Gasteiger partial charge in [-0.1, -0.05) is 43.6 Å². The topological polar surface area (TPSA) is 64.0 Å². The molecule has 0 spiro atoms. The third kappa shape index (κ3) is 3.71. The van der Waals surface area contributed by atoms with E-state index in [0.717, 1.165) is 4.68 Å². The number of amides is 1. The van der Waals surface area contributed by atoms with Crippen LogP contribution in [0.3, 0.4) is 0 Å². The van der Waals surface area contributed by atoms with Crippen LogP contribution in [0.5, 0.6) is 0 Å². The number of nitrogens with zero attached hydrogens (tertiary/aromatic N) is 2. The molecule has 0 saturated heterocycles. The second kappa shape index (κ2) is 7.48. The van der Waals surface area contributed by atoms with Gasteiger partial charge in [0, 0.05) is 5.92 Å². The van der Waals surface area contributed by atoms with Gasteiger partial charge in [-0.2, -0.15) is 0 Å². The average molecular weight is 388 g/mol. The molecule has 2 aromatic carbocycles. The van der Waals surface area contributed by atoms with Gasteiger partial charge in [-0.15, -0.1) is 0 Å². The van der Waals surface area contributed by atoms with E-state index in [0.29, 0.717) is 16.9 Å². The number of hydrogen-bond acceptors (Lipinski definition) is 3. The highest BCUT2D eigenvalue weighted by Gasteiger charge is 2.21. The Morgan fingerprint density at radius 2 is 1.89 bits per heavy atom. The van der Waals surface area contributed by atoms with Gasteiger partial charge in [-0.25, -0.2) is 14.1 Å². The minimum atomic E-state index is -0.658. The van der Waals surface area contributed by atoms with Crippen molar-refractivity contribution in [3.8, 4) is 0 Å². The van der Waals surface area contributed by atoms with Crippen molar-refractivity contribution in [3.05, 3.63) is 75.0 Å². The smallest absolute Gasteiger partial charge is 0.273 e. The van der Waals surface area contributed by atoms with Crippen LogP contribution < -0.4 is 11.0 Å². The Morgan fingerprint density at radius 1 is 1.19 bits per heavy atom. The lowest BCUT2D eigenvalue weighted by atomic mass is 10.0. The minimum Gasteiger partial charge on any atom is -0.273 e. The summed E-state index contributed by atoms with van der Waals surface area (Å²) >= 11 is 6.17. The molecule has 0 bridgehead atoms. The molecule has 27 heavy (non-hydrogen) atoms. The number of nitrogens with one attached hydrogen (secondary N) is 1. The predicted octanol–water partition coefficient (Wildman–Crippen LogP) is 4.19. The average Bonchev–Trinajstić information content (AvgIpc) is 2.62. The van der Waals surface area contributed by atoms with Crippen molar-refractivity contribution in [2.24, 2.45) is 0 Å². The lowest BCUT2D eigenvalue weighted by molar-refractivity contribution is -0.118. The number of carbonyl (C=O) groups excluding carboxylic acids is 1. The van der Waals surface area contributed by atoms with Gasteiger partial charge in [0.2, 0.25) is 5.91 Å². The van der Waals surface area contributed by atoms with E-state index < -0.39 is 23.2 Å². The Hall–Kier alpha value is -2.73. The third-order valence-corrected chi connectivity index (χ3v) is 4.67. The van der Waals surface area contributed by atoms with Crippen LogP contribution in [-0.2, 0) is 4.79 Å².